The van der Waals surface area contributed by atoms with Gasteiger partial charge in [-0.3, -0.25) is 14.9 Å². The van der Waals surface area contributed by atoms with Gasteiger partial charge in [-0.15, -0.1) is 0 Å². The second-order valence-electron chi connectivity index (χ2n) is 5.66. The van der Waals surface area contributed by atoms with Crippen LogP contribution in [0.25, 0.3) is 0 Å². The highest BCUT2D eigenvalue weighted by molar-refractivity contribution is 5.30. The van der Waals surface area contributed by atoms with Gasteiger partial charge in [0.15, 0.2) is 0 Å². The molecule has 1 atom stereocenters. The summed E-state index contributed by atoms with van der Waals surface area (Å²) in [7, 11) is 2.12. The van der Waals surface area contributed by atoms with Gasteiger partial charge in [-0.25, -0.2) is 4.98 Å². The summed E-state index contributed by atoms with van der Waals surface area (Å²) in [6.07, 6.45) is 8.49. The van der Waals surface area contributed by atoms with E-state index in [9.17, 15) is 0 Å². The van der Waals surface area contributed by atoms with Crippen LogP contribution >= 0.6 is 0 Å². The normalized spacial score (nSPS) is 12.1. The molecule has 0 unspecified atom stereocenters. The number of rotatable bonds is 6. The highest BCUT2D eigenvalue weighted by Crippen LogP contribution is 2.22. The Hall–Kier alpha value is -2.79. The number of benzene rings is 1. The first-order valence-corrected chi connectivity index (χ1v) is 7.85. The molecule has 122 valence electrons. The van der Waals surface area contributed by atoms with Crippen molar-refractivity contribution in [3.63, 3.8) is 0 Å². The van der Waals surface area contributed by atoms with E-state index in [2.05, 4.69) is 58.1 Å². The molecule has 0 N–H and O–H groups in total. The van der Waals surface area contributed by atoms with Crippen LogP contribution in [-0.4, -0.2) is 26.9 Å². The molecule has 0 saturated carbocycles. The van der Waals surface area contributed by atoms with E-state index in [1.165, 1.54) is 11.1 Å². The summed E-state index contributed by atoms with van der Waals surface area (Å²) >= 11 is 0. The van der Waals surface area contributed by atoms with Crippen molar-refractivity contribution in [1.82, 2.24) is 19.9 Å². The number of hydrogen-bond donors (Lipinski definition) is 0. The molecular formula is C19H20N4O. The fourth-order valence-corrected chi connectivity index (χ4v) is 2.44. The first-order valence-electron chi connectivity index (χ1n) is 7.85. The minimum Gasteiger partial charge on any atom is -0.438 e. The SMILES string of the molecule is C[C@H](c1ccncc1)N(C)Cc1ccc(Oc2cnccn2)cc1. The Morgan fingerprint density at radius 3 is 2.38 bits per heavy atom. The molecule has 2 aromatic heterocycles. The maximum Gasteiger partial charge on any atom is 0.237 e. The van der Waals surface area contributed by atoms with Gasteiger partial charge in [0.2, 0.25) is 5.88 Å². The van der Waals surface area contributed by atoms with Crippen LogP contribution in [0.15, 0.2) is 67.4 Å². The first-order chi connectivity index (χ1) is 11.7. The maximum atomic E-state index is 5.66. The Labute approximate surface area is 142 Å². The largest absolute Gasteiger partial charge is 0.438 e. The summed E-state index contributed by atoms with van der Waals surface area (Å²) in [5, 5.41) is 0. The summed E-state index contributed by atoms with van der Waals surface area (Å²) in [6, 6.07) is 12.5. The summed E-state index contributed by atoms with van der Waals surface area (Å²) in [5.74, 6) is 1.25. The van der Waals surface area contributed by atoms with E-state index >= 15 is 0 Å². The zero-order chi connectivity index (χ0) is 16.8. The second kappa shape index (κ2) is 7.66. The summed E-state index contributed by atoms with van der Waals surface area (Å²) in [4.78, 5) is 14.5. The molecule has 1 aromatic carbocycles. The Kier molecular flexibility index (Phi) is 5.13. The van der Waals surface area contributed by atoms with E-state index in [0.717, 1.165) is 12.3 Å². The zero-order valence-corrected chi connectivity index (χ0v) is 13.8. The maximum absolute atomic E-state index is 5.66. The molecule has 5 heteroatoms. The minimum atomic E-state index is 0.323. The molecule has 0 aliphatic rings. The van der Waals surface area contributed by atoms with Crippen LogP contribution in [0.1, 0.15) is 24.1 Å². The van der Waals surface area contributed by atoms with E-state index in [4.69, 9.17) is 4.74 Å². The molecule has 3 rings (SSSR count). The summed E-state index contributed by atoms with van der Waals surface area (Å²) in [5.41, 5.74) is 2.49. The van der Waals surface area contributed by atoms with Crippen LogP contribution in [0.4, 0.5) is 0 Å². The molecule has 0 aliphatic heterocycles. The van der Waals surface area contributed by atoms with E-state index < -0.39 is 0 Å². The quantitative estimate of drug-likeness (QED) is 0.690. The average Bonchev–Trinajstić information content (AvgIpc) is 2.64. The number of nitrogens with zero attached hydrogens (tertiary/aromatic N) is 4. The summed E-state index contributed by atoms with van der Waals surface area (Å²) in [6.45, 7) is 3.05. The predicted octanol–water partition coefficient (Wildman–Crippen LogP) is 3.86. The molecule has 0 bridgehead atoms. The molecular weight excluding hydrogens is 300 g/mol. The predicted molar refractivity (Wildman–Crippen MR) is 92.7 cm³/mol. The molecule has 24 heavy (non-hydrogen) atoms. The third-order valence-corrected chi connectivity index (χ3v) is 3.97. The van der Waals surface area contributed by atoms with Gasteiger partial charge >= 0.3 is 0 Å². The highest BCUT2D eigenvalue weighted by Gasteiger charge is 2.11. The van der Waals surface area contributed by atoms with Crippen molar-refractivity contribution in [2.24, 2.45) is 0 Å². The van der Waals surface area contributed by atoms with Crippen molar-refractivity contribution in [3.8, 4) is 11.6 Å². The number of pyridine rings is 1. The minimum absolute atomic E-state index is 0.323. The van der Waals surface area contributed by atoms with Crippen molar-refractivity contribution in [1.29, 1.82) is 0 Å². The van der Waals surface area contributed by atoms with E-state index in [0.29, 0.717) is 11.9 Å². The van der Waals surface area contributed by atoms with Gasteiger partial charge in [0.05, 0.1) is 6.20 Å². The molecule has 0 radical (unpaired) electrons. The highest BCUT2D eigenvalue weighted by atomic mass is 16.5. The van der Waals surface area contributed by atoms with Gasteiger partial charge in [0.1, 0.15) is 5.75 Å². The third kappa shape index (κ3) is 4.14. The zero-order valence-electron chi connectivity index (χ0n) is 13.8. The standard InChI is InChI=1S/C19H20N4O/c1-15(17-7-9-20-10-8-17)23(2)14-16-3-5-18(6-4-16)24-19-13-21-11-12-22-19/h3-13,15H,14H2,1-2H3/t15-/m1/s1. The lowest BCUT2D eigenvalue weighted by atomic mass is 10.1. The first kappa shape index (κ1) is 16.1. The lowest BCUT2D eigenvalue weighted by Crippen LogP contribution is -2.21. The van der Waals surface area contributed by atoms with Gasteiger partial charge in [-0.2, -0.15) is 0 Å². The van der Waals surface area contributed by atoms with Crippen molar-refractivity contribution >= 4 is 0 Å². The van der Waals surface area contributed by atoms with E-state index in [-0.39, 0.29) is 0 Å². The molecule has 0 aliphatic carbocycles. The van der Waals surface area contributed by atoms with Crippen molar-refractivity contribution < 1.29 is 4.74 Å². The number of ether oxygens (including phenoxy) is 1. The number of aromatic nitrogens is 3. The van der Waals surface area contributed by atoms with Crippen LogP contribution < -0.4 is 4.74 Å². The third-order valence-electron chi connectivity index (χ3n) is 3.97. The van der Waals surface area contributed by atoms with Crippen LogP contribution in [0.2, 0.25) is 0 Å². The Morgan fingerprint density at radius 1 is 0.958 bits per heavy atom. The average molecular weight is 320 g/mol. The molecule has 2 heterocycles. The van der Waals surface area contributed by atoms with Crippen molar-refractivity contribution in [3.05, 3.63) is 78.5 Å². The van der Waals surface area contributed by atoms with Gasteiger partial charge < -0.3 is 4.74 Å². The van der Waals surface area contributed by atoms with Crippen LogP contribution in [0, 0.1) is 0 Å². The molecule has 0 spiro atoms. The molecule has 0 fully saturated rings. The van der Waals surface area contributed by atoms with Crippen molar-refractivity contribution in [2.45, 2.75) is 19.5 Å². The van der Waals surface area contributed by atoms with Gasteiger partial charge in [0, 0.05) is 37.4 Å². The second-order valence-corrected chi connectivity index (χ2v) is 5.66. The van der Waals surface area contributed by atoms with Gasteiger partial charge in [-0.05, 0) is 49.4 Å². The molecule has 3 aromatic rings. The van der Waals surface area contributed by atoms with E-state index in [1.807, 2.05) is 24.5 Å². The Morgan fingerprint density at radius 2 is 1.71 bits per heavy atom. The summed E-state index contributed by atoms with van der Waals surface area (Å²) < 4.78 is 5.66. The molecule has 0 saturated heterocycles. The Bertz CT molecular complexity index is 747. The van der Waals surface area contributed by atoms with Crippen molar-refractivity contribution in [2.75, 3.05) is 7.05 Å². The molecule has 0 amide bonds. The van der Waals surface area contributed by atoms with E-state index in [1.54, 1.807) is 18.6 Å². The number of hydrogen-bond acceptors (Lipinski definition) is 5. The van der Waals surface area contributed by atoms with Crippen LogP contribution in [0.3, 0.4) is 0 Å². The van der Waals surface area contributed by atoms with Crippen LogP contribution in [-0.2, 0) is 6.54 Å². The smallest absolute Gasteiger partial charge is 0.237 e. The lowest BCUT2D eigenvalue weighted by molar-refractivity contribution is 0.253. The topological polar surface area (TPSA) is 51.1 Å². The van der Waals surface area contributed by atoms with Gasteiger partial charge in [0.25, 0.3) is 0 Å². The lowest BCUT2D eigenvalue weighted by Gasteiger charge is -2.25. The Balaban J connectivity index is 1.61. The monoisotopic (exact) mass is 320 g/mol. The fourth-order valence-electron chi connectivity index (χ4n) is 2.44. The van der Waals surface area contributed by atoms with Gasteiger partial charge in [-0.1, -0.05) is 12.1 Å². The fraction of sp³-hybridized carbons (Fsp3) is 0.211. The molecule has 5 nitrogen and oxygen atoms in total. The van der Waals surface area contributed by atoms with Crippen LogP contribution in [0.5, 0.6) is 11.6 Å².